The monoisotopic (exact) mass is 407 g/mol. The molecule has 0 spiro atoms. The van der Waals surface area contributed by atoms with Gasteiger partial charge in [0.05, 0.1) is 5.92 Å². The minimum atomic E-state index is -0.0365. The SMILES string of the molecule is Cc1ccc(Cl)cc1N1CCN(C(=O)C2CCCc3c2[nH]c2ccccc32)CC1. The van der Waals surface area contributed by atoms with Crippen LogP contribution in [0.1, 0.15) is 35.6 Å². The Morgan fingerprint density at radius 1 is 1.10 bits per heavy atom. The van der Waals surface area contributed by atoms with E-state index in [1.165, 1.54) is 22.2 Å². The molecule has 0 bridgehead atoms. The first-order valence-corrected chi connectivity index (χ1v) is 10.9. The lowest BCUT2D eigenvalue weighted by Gasteiger charge is -2.38. The van der Waals surface area contributed by atoms with Crippen molar-refractivity contribution in [2.75, 3.05) is 31.1 Å². The van der Waals surface area contributed by atoms with Crippen LogP contribution in [0.5, 0.6) is 0 Å². The summed E-state index contributed by atoms with van der Waals surface area (Å²) in [5.74, 6) is 0.241. The number of aryl methyl sites for hydroxylation is 2. The summed E-state index contributed by atoms with van der Waals surface area (Å²) < 4.78 is 0. The largest absolute Gasteiger partial charge is 0.368 e. The molecule has 1 unspecified atom stereocenters. The second-order valence-electron chi connectivity index (χ2n) is 8.25. The number of piperazine rings is 1. The van der Waals surface area contributed by atoms with Gasteiger partial charge in [0.25, 0.3) is 0 Å². The molecule has 1 saturated heterocycles. The van der Waals surface area contributed by atoms with Crippen LogP contribution in [0.15, 0.2) is 42.5 Å². The van der Waals surface area contributed by atoms with E-state index in [0.717, 1.165) is 61.7 Å². The van der Waals surface area contributed by atoms with Gasteiger partial charge in [-0.2, -0.15) is 0 Å². The van der Waals surface area contributed by atoms with Crippen LogP contribution >= 0.6 is 11.6 Å². The van der Waals surface area contributed by atoms with E-state index in [1.807, 2.05) is 12.1 Å². The van der Waals surface area contributed by atoms with Crippen LogP contribution in [0.3, 0.4) is 0 Å². The van der Waals surface area contributed by atoms with Gasteiger partial charge in [-0.15, -0.1) is 0 Å². The van der Waals surface area contributed by atoms with Gasteiger partial charge in [0.1, 0.15) is 0 Å². The third kappa shape index (κ3) is 3.29. The quantitative estimate of drug-likeness (QED) is 0.656. The summed E-state index contributed by atoms with van der Waals surface area (Å²) in [7, 11) is 0. The van der Waals surface area contributed by atoms with Crippen molar-refractivity contribution in [3.05, 3.63) is 64.3 Å². The summed E-state index contributed by atoms with van der Waals surface area (Å²) in [6.07, 6.45) is 3.07. The highest BCUT2D eigenvalue weighted by molar-refractivity contribution is 6.30. The van der Waals surface area contributed by atoms with Crippen molar-refractivity contribution in [3.63, 3.8) is 0 Å². The van der Waals surface area contributed by atoms with E-state index in [4.69, 9.17) is 11.6 Å². The fourth-order valence-corrected chi connectivity index (χ4v) is 5.14. The number of aromatic nitrogens is 1. The van der Waals surface area contributed by atoms with E-state index < -0.39 is 0 Å². The highest BCUT2D eigenvalue weighted by Crippen LogP contribution is 2.37. The standard InChI is InChI=1S/C24H26ClN3O/c1-16-9-10-17(25)15-22(16)27-11-13-28(14-12-27)24(29)20-7-4-6-19-18-5-2-3-8-21(18)26-23(19)20/h2-3,5,8-10,15,20,26H,4,6-7,11-14H2,1H3. The van der Waals surface area contributed by atoms with Gasteiger partial charge in [0.2, 0.25) is 5.91 Å². The lowest BCUT2D eigenvalue weighted by molar-refractivity contribution is -0.133. The first-order chi connectivity index (χ1) is 14.1. The van der Waals surface area contributed by atoms with Gasteiger partial charge in [-0.1, -0.05) is 35.9 Å². The number of anilines is 1. The fourth-order valence-electron chi connectivity index (χ4n) is 4.97. The number of amides is 1. The Hall–Kier alpha value is -2.46. The molecule has 4 nitrogen and oxygen atoms in total. The van der Waals surface area contributed by atoms with E-state index in [-0.39, 0.29) is 11.8 Å². The van der Waals surface area contributed by atoms with Crippen LogP contribution in [-0.2, 0) is 11.2 Å². The summed E-state index contributed by atoms with van der Waals surface area (Å²) in [6.45, 7) is 5.33. The number of benzene rings is 2. The van der Waals surface area contributed by atoms with Crippen LogP contribution in [0.25, 0.3) is 10.9 Å². The van der Waals surface area contributed by atoms with Gasteiger partial charge in [0.15, 0.2) is 0 Å². The Balaban J connectivity index is 1.34. The molecule has 1 amide bonds. The van der Waals surface area contributed by atoms with E-state index in [0.29, 0.717) is 0 Å². The Kier molecular flexibility index (Phi) is 4.75. The number of para-hydroxylation sites is 1. The molecule has 0 saturated carbocycles. The molecule has 5 rings (SSSR count). The van der Waals surface area contributed by atoms with Crippen LogP contribution in [-0.4, -0.2) is 42.0 Å². The topological polar surface area (TPSA) is 39.3 Å². The summed E-state index contributed by atoms with van der Waals surface area (Å²) in [5, 5.41) is 2.04. The van der Waals surface area contributed by atoms with Gasteiger partial charge in [-0.3, -0.25) is 4.79 Å². The van der Waals surface area contributed by atoms with Crippen molar-refractivity contribution in [1.29, 1.82) is 0 Å². The van der Waals surface area contributed by atoms with Crippen LogP contribution in [0.2, 0.25) is 5.02 Å². The maximum atomic E-state index is 13.4. The molecule has 5 heteroatoms. The van der Waals surface area contributed by atoms with Gasteiger partial charge in [0, 0.05) is 53.5 Å². The smallest absolute Gasteiger partial charge is 0.231 e. The van der Waals surface area contributed by atoms with Crippen molar-refractivity contribution in [3.8, 4) is 0 Å². The zero-order valence-corrected chi connectivity index (χ0v) is 17.5. The number of hydrogen-bond acceptors (Lipinski definition) is 2. The molecule has 2 heterocycles. The van der Waals surface area contributed by atoms with Crippen molar-refractivity contribution in [1.82, 2.24) is 9.88 Å². The van der Waals surface area contributed by atoms with E-state index in [9.17, 15) is 4.79 Å². The zero-order chi connectivity index (χ0) is 20.0. The summed E-state index contributed by atoms with van der Waals surface area (Å²) >= 11 is 6.20. The van der Waals surface area contributed by atoms with E-state index in [1.54, 1.807) is 0 Å². The zero-order valence-electron chi connectivity index (χ0n) is 16.7. The molecule has 1 aliphatic carbocycles. The van der Waals surface area contributed by atoms with Crippen LogP contribution in [0, 0.1) is 6.92 Å². The molecular weight excluding hydrogens is 382 g/mol. The molecule has 1 fully saturated rings. The molecule has 2 aliphatic rings. The molecule has 1 N–H and O–H groups in total. The average molecular weight is 408 g/mol. The Bertz CT molecular complexity index is 1070. The van der Waals surface area contributed by atoms with Gasteiger partial charge < -0.3 is 14.8 Å². The summed E-state index contributed by atoms with van der Waals surface area (Å²) in [6, 6.07) is 14.4. The predicted molar refractivity (Wildman–Crippen MR) is 119 cm³/mol. The number of rotatable bonds is 2. The fraction of sp³-hybridized carbons (Fsp3) is 0.375. The number of nitrogens with zero attached hydrogens (tertiary/aromatic N) is 2. The van der Waals surface area contributed by atoms with Gasteiger partial charge >= 0.3 is 0 Å². The predicted octanol–water partition coefficient (Wildman–Crippen LogP) is 4.90. The molecule has 1 aliphatic heterocycles. The number of aromatic amines is 1. The molecule has 150 valence electrons. The Morgan fingerprint density at radius 2 is 1.90 bits per heavy atom. The first kappa shape index (κ1) is 18.6. The van der Waals surface area contributed by atoms with Gasteiger partial charge in [-0.25, -0.2) is 0 Å². The number of hydrogen-bond donors (Lipinski definition) is 1. The number of fused-ring (bicyclic) bond motifs is 3. The molecule has 1 atom stereocenters. The maximum Gasteiger partial charge on any atom is 0.231 e. The second kappa shape index (κ2) is 7.42. The Labute approximate surface area is 176 Å². The lowest BCUT2D eigenvalue weighted by Crippen LogP contribution is -2.50. The normalized spacial score (nSPS) is 19.4. The van der Waals surface area contributed by atoms with Crippen molar-refractivity contribution in [2.45, 2.75) is 32.1 Å². The third-order valence-electron chi connectivity index (χ3n) is 6.52. The number of H-pyrrole nitrogens is 1. The van der Waals surface area contributed by atoms with E-state index >= 15 is 0 Å². The second-order valence-corrected chi connectivity index (χ2v) is 8.69. The Morgan fingerprint density at radius 3 is 2.72 bits per heavy atom. The van der Waals surface area contributed by atoms with Gasteiger partial charge in [-0.05, 0) is 55.5 Å². The minimum absolute atomic E-state index is 0.0365. The van der Waals surface area contributed by atoms with E-state index in [2.05, 4.69) is 52.0 Å². The molecule has 2 aromatic carbocycles. The minimum Gasteiger partial charge on any atom is -0.368 e. The van der Waals surface area contributed by atoms with Crippen LogP contribution < -0.4 is 4.90 Å². The average Bonchev–Trinajstić information content (AvgIpc) is 3.14. The molecule has 0 radical (unpaired) electrons. The maximum absolute atomic E-state index is 13.4. The number of halogens is 1. The highest BCUT2D eigenvalue weighted by atomic mass is 35.5. The summed E-state index contributed by atoms with van der Waals surface area (Å²) in [4.78, 5) is 21.4. The first-order valence-electron chi connectivity index (χ1n) is 10.5. The molecular formula is C24H26ClN3O. The molecule has 1 aromatic heterocycles. The van der Waals surface area contributed by atoms with Crippen molar-refractivity contribution >= 4 is 34.1 Å². The molecule has 3 aromatic rings. The van der Waals surface area contributed by atoms with Crippen molar-refractivity contribution < 1.29 is 4.79 Å². The molecule has 29 heavy (non-hydrogen) atoms. The number of carbonyl (C=O) groups is 1. The number of nitrogens with one attached hydrogen (secondary N) is 1. The van der Waals surface area contributed by atoms with Crippen LogP contribution in [0.4, 0.5) is 5.69 Å². The highest BCUT2D eigenvalue weighted by Gasteiger charge is 2.33. The lowest BCUT2D eigenvalue weighted by atomic mass is 9.85. The van der Waals surface area contributed by atoms with Crippen molar-refractivity contribution in [2.24, 2.45) is 0 Å². The summed E-state index contributed by atoms with van der Waals surface area (Å²) in [5.41, 5.74) is 6.05. The number of carbonyl (C=O) groups excluding carboxylic acids is 1. The third-order valence-corrected chi connectivity index (χ3v) is 6.75.